The van der Waals surface area contributed by atoms with Crippen molar-refractivity contribution >= 4 is 41.0 Å². The Hall–Kier alpha value is -2.41. The topological polar surface area (TPSA) is 86.8 Å². The molecule has 128 valence electrons. The lowest BCUT2D eigenvalue weighted by Crippen LogP contribution is -2.39. The lowest BCUT2D eigenvalue weighted by Gasteiger charge is -2.15. The summed E-state index contributed by atoms with van der Waals surface area (Å²) in [4.78, 5) is 49.6. The van der Waals surface area contributed by atoms with Crippen LogP contribution in [-0.2, 0) is 14.4 Å². The Morgan fingerprint density at radius 2 is 1.83 bits per heavy atom. The molecule has 0 spiro atoms. The Labute approximate surface area is 144 Å². The van der Waals surface area contributed by atoms with E-state index in [1.807, 2.05) is 6.92 Å². The maximum absolute atomic E-state index is 12.2. The monoisotopic (exact) mass is 351 g/mol. The summed E-state index contributed by atoms with van der Waals surface area (Å²) >= 11 is 5.88. The fourth-order valence-electron chi connectivity index (χ4n) is 2.27. The van der Waals surface area contributed by atoms with Crippen LogP contribution in [0.15, 0.2) is 18.2 Å². The third-order valence-electron chi connectivity index (χ3n) is 3.65. The van der Waals surface area contributed by atoms with Crippen LogP contribution in [0.4, 0.5) is 10.5 Å². The van der Waals surface area contributed by atoms with Gasteiger partial charge in [-0.15, -0.1) is 0 Å². The number of hydrogen-bond acceptors (Lipinski definition) is 4. The van der Waals surface area contributed by atoms with Crippen molar-refractivity contribution in [1.29, 1.82) is 0 Å². The van der Waals surface area contributed by atoms with Crippen LogP contribution in [0.25, 0.3) is 0 Å². The van der Waals surface area contributed by atoms with Crippen LogP contribution in [0.1, 0.15) is 25.3 Å². The summed E-state index contributed by atoms with van der Waals surface area (Å²) in [6, 6.07) is 4.24. The summed E-state index contributed by atoms with van der Waals surface area (Å²) in [6.07, 6.45) is 1.38. The predicted molar refractivity (Wildman–Crippen MR) is 88.5 cm³/mol. The molecule has 0 aromatic heterocycles. The first-order valence-corrected chi connectivity index (χ1v) is 7.96. The largest absolute Gasteiger partial charge is 0.334 e. The van der Waals surface area contributed by atoms with Crippen molar-refractivity contribution in [3.63, 3.8) is 0 Å². The molecule has 1 saturated heterocycles. The fraction of sp³-hybridized carbons (Fsp3) is 0.375. The Balaban J connectivity index is 2.05. The van der Waals surface area contributed by atoms with Crippen LogP contribution < -0.4 is 5.32 Å². The summed E-state index contributed by atoms with van der Waals surface area (Å²) in [5, 5.41) is 3.04. The number of hydrogen-bond donors (Lipinski definition) is 1. The molecule has 2 rings (SSSR count). The molecule has 8 heteroatoms. The molecular formula is C16H18ClN3O4. The second kappa shape index (κ2) is 7.44. The van der Waals surface area contributed by atoms with Gasteiger partial charge >= 0.3 is 17.8 Å². The third-order valence-corrected chi connectivity index (χ3v) is 3.88. The lowest BCUT2D eigenvalue weighted by molar-refractivity contribution is -0.143. The number of benzene rings is 1. The number of imide groups is 2. The van der Waals surface area contributed by atoms with E-state index in [1.54, 1.807) is 25.1 Å². The van der Waals surface area contributed by atoms with Gasteiger partial charge in [-0.2, -0.15) is 0 Å². The van der Waals surface area contributed by atoms with Crippen molar-refractivity contribution in [3.05, 3.63) is 28.8 Å². The normalized spacial score (nSPS) is 14.5. The first-order chi connectivity index (χ1) is 11.3. The van der Waals surface area contributed by atoms with Crippen LogP contribution >= 0.6 is 11.6 Å². The molecule has 0 saturated carbocycles. The van der Waals surface area contributed by atoms with Gasteiger partial charge in [-0.3, -0.25) is 19.3 Å². The number of halogens is 1. The van der Waals surface area contributed by atoms with Crippen molar-refractivity contribution in [1.82, 2.24) is 9.80 Å². The first-order valence-electron chi connectivity index (χ1n) is 7.58. The summed E-state index contributed by atoms with van der Waals surface area (Å²) in [5.41, 5.74) is 1.27. The molecule has 0 atom stereocenters. The number of unbranched alkanes of at least 4 members (excludes halogenated alkanes) is 1. The van der Waals surface area contributed by atoms with E-state index >= 15 is 0 Å². The van der Waals surface area contributed by atoms with E-state index < -0.39 is 30.3 Å². The summed E-state index contributed by atoms with van der Waals surface area (Å²) in [7, 11) is 0. The van der Waals surface area contributed by atoms with E-state index in [0.29, 0.717) is 22.0 Å². The van der Waals surface area contributed by atoms with Gasteiger partial charge in [0.15, 0.2) is 0 Å². The molecule has 1 aromatic carbocycles. The molecule has 1 N–H and O–H groups in total. The van der Waals surface area contributed by atoms with E-state index in [-0.39, 0.29) is 6.54 Å². The number of aryl methyl sites for hydroxylation is 1. The van der Waals surface area contributed by atoms with Crippen molar-refractivity contribution in [2.24, 2.45) is 0 Å². The number of carbonyl (C=O) groups is 4. The number of anilines is 1. The first kappa shape index (κ1) is 17.9. The summed E-state index contributed by atoms with van der Waals surface area (Å²) < 4.78 is 0. The average molecular weight is 352 g/mol. The summed E-state index contributed by atoms with van der Waals surface area (Å²) in [6.45, 7) is 3.35. The van der Waals surface area contributed by atoms with Gasteiger partial charge in [0.1, 0.15) is 6.54 Å². The maximum Gasteiger partial charge on any atom is 0.334 e. The minimum Gasteiger partial charge on any atom is -0.324 e. The van der Waals surface area contributed by atoms with Gasteiger partial charge in [-0.1, -0.05) is 31.0 Å². The summed E-state index contributed by atoms with van der Waals surface area (Å²) in [5.74, 6) is -2.44. The zero-order valence-electron chi connectivity index (χ0n) is 13.5. The van der Waals surface area contributed by atoms with Crippen molar-refractivity contribution in [3.8, 4) is 0 Å². The highest BCUT2D eigenvalue weighted by molar-refractivity contribution is 6.45. The Kier molecular flexibility index (Phi) is 5.56. The standard InChI is InChI=1S/C16H18ClN3O4/c1-3-4-7-19-14(22)15(23)20(16(19)24)9-13(21)18-12-8-11(17)6-5-10(12)2/h5-6,8H,3-4,7,9H2,1-2H3,(H,18,21). The smallest absolute Gasteiger partial charge is 0.324 e. The number of nitrogens with zero attached hydrogens (tertiary/aromatic N) is 2. The van der Waals surface area contributed by atoms with Crippen molar-refractivity contribution < 1.29 is 19.2 Å². The molecule has 7 nitrogen and oxygen atoms in total. The number of carbonyl (C=O) groups excluding carboxylic acids is 4. The van der Waals surface area contributed by atoms with Gasteiger partial charge in [-0.05, 0) is 31.0 Å². The zero-order valence-corrected chi connectivity index (χ0v) is 14.2. The number of nitrogens with one attached hydrogen (secondary N) is 1. The molecular weight excluding hydrogens is 334 g/mol. The minimum atomic E-state index is -0.978. The molecule has 1 fully saturated rings. The molecule has 1 aliphatic heterocycles. The third kappa shape index (κ3) is 3.73. The average Bonchev–Trinajstić information content (AvgIpc) is 2.73. The molecule has 1 aliphatic rings. The van der Waals surface area contributed by atoms with Crippen molar-refractivity contribution in [2.45, 2.75) is 26.7 Å². The predicted octanol–water partition coefficient (Wildman–Crippen LogP) is 2.18. The molecule has 0 radical (unpaired) electrons. The highest BCUT2D eigenvalue weighted by Crippen LogP contribution is 2.20. The van der Waals surface area contributed by atoms with Gasteiger partial charge in [0.2, 0.25) is 5.91 Å². The van der Waals surface area contributed by atoms with E-state index in [0.717, 1.165) is 16.9 Å². The molecule has 5 amide bonds. The molecule has 0 bridgehead atoms. The van der Waals surface area contributed by atoms with E-state index in [9.17, 15) is 19.2 Å². The van der Waals surface area contributed by atoms with Gasteiger partial charge in [0, 0.05) is 17.3 Å². The van der Waals surface area contributed by atoms with Crippen LogP contribution in [0.2, 0.25) is 5.02 Å². The molecule has 0 unspecified atom stereocenters. The van der Waals surface area contributed by atoms with E-state index in [4.69, 9.17) is 11.6 Å². The van der Waals surface area contributed by atoms with Crippen molar-refractivity contribution in [2.75, 3.05) is 18.4 Å². The number of urea groups is 1. The fourth-order valence-corrected chi connectivity index (χ4v) is 2.44. The van der Waals surface area contributed by atoms with Gasteiger partial charge in [0.25, 0.3) is 0 Å². The Morgan fingerprint density at radius 3 is 2.50 bits per heavy atom. The quantitative estimate of drug-likeness (QED) is 0.628. The van der Waals surface area contributed by atoms with E-state index in [1.165, 1.54) is 0 Å². The highest BCUT2D eigenvalue weighted by Gasteiger charge is 2.44. The molecule has 1 aromatic rings. The van der Waals surface area contributed by atoms with E-state index in [2.05, 4.69) is 5.32 Å². The lowest BCUT2D eigenvalue weighted by atomic mass is 10.2. The SMILES string of the molecule is CCCCN1C(=O)C(=O)N(CC(=O)Nc2cc(Cl)ccc2C)C1=O. The Bertz CT molecular complexity index is 705. The van der Waals surface area contributed by atoms with Crippen LogP contribution in [0.3, 0.4) is 0 Å². The second-order valence-electron chi connectivity index (χ2n) is 5.49. The minimum absolute atomic E-state index is 0.172. The highest BCUT2D eigenvalue weighted by atomic mass is 35.5. The van der Waals surface area contributed by atoms with Gasteiger partial charge < -0.3 is 5.32 Å². The van der Waals surface area contributed by atoms with Crippen LogP contribution in [0, 0.1) is 6.92 Å². The number of rotatable bonds is 6. The molecule has 0 aliphatic carbocycles. The van der Waals surface area contributed by atoms with Crippen LogP contribution in [0.5, 0.6) is 0 Å². The second-order valence-corrected chi connectivity index (χ2v) is 5.93. The number of amides is 5. The van der Waals surface area contributed by atoms with Crippen LogP contribution in [-0.4, -0.2) is 46.6 Å². The molecule has 24 heavy (non-hydrogen) atoms. The zero-order chi connectivity index (χ0) is 17.9. The maximum atomic E-state index is 12.2. The molecule has 1 heterocycles. The van der Waals surface area contributed by atoms with Gasteiger partial charge in [-0.25, -0.2) is 9.69 Å². The van der Waals surface area contributed by atoms with Gasteiger partial charge in [0.05, 0.1) is 0 Å². The Morgan fingerprint density at radius 1 is 1.17 bits per heavy atom.